The number of nitrogens with zero attached hydrogens (tertiary/aromatic N) is 5. The maximum atomic E-state index is 12.9. The molecule has 0 radical (unpaired) electrons. The van der Waals surface area contributed by atoms with Gasteiger partial charge in [0.05, 0.1) is 11.9 Å². The number of benzene rings is 1. The lowest BCUT2D eigenvalue weighted by molar-refractivity contribution is -0.135. The molecule has 0 atom stereocenters. The zero-order chi connectivity index (χ0) is 17.1. The van der Waals surface area contributed by atoms with Crippen LogP contribution >= 0.6 is 0 Å². The Morgan fingerprint density at radius 1 is 1.08 bits per heavy atom. The van der Waals surface area contributed by atoms with Crippen LogP contribution in [0.3, 0.4) is 0 Å². The van der Waals surface area contributed by atoms with Crippen LogP contribution in [0.25, 0.3) is 5.69 Å². The lowest BCUT2D eigenvalue weighted by atomic mass is 10.3. The number of amides is 2. The summed E-state index contributed by atoms with van der Waals surface area (Å²) in [6, 6.07) is 5.61. The van der Waals surface area contributed by atoms with Gasteiger partial charge in [-0.1, -0.05) is 0 Å². The van der Waals surface area contributed by atoms with Crippen LogP contribution in [0.2, 0.25) is 0 Å². The van der Waals surface area contributed by atoms with Gasteiger partial charge in [0.25, 0.3) is 5.91 Å². The third kappa shape index (κ3) is 3.25. The Kier molecular flexibility index (Phi) is 4.52. The summed E-state index contributed by atoms with van der Waals surface area (Å²) < 4.78 is 12.9. The van der Waals surface area contributed by atoms with Gasteiger partial charge >= 0.3 is 0 Å². The van der Waals surface area contributed by atoms with Gasteiger partial charge < -0.3 is 14.9 Å². The lowest BCUT2D eigenvalue weighted by Crippen LogP contribution is -2.51. The van der Waals surface area contributed by atoms with E-state index in [0.717, 1.165) is 0 Å². The van der Waals surface area contributed by atoms with Gasteiger partial charge in [0, 0.05) is 26.2 Å². The Morgan fingerprint density at radius 2 is 1.71 bits per heavy atom. The highest BCUT2D eigenvalue weighted by Crippen LogP contribution is 2.10. The Morgan fingerprint density at radius 3 is 2.33 bits per heavy atom. The van der Waals surface area contributed by atoms with E-state index in [-0.39, 0.29) is 23.3 Å². The van der Waals surface area contributed by atoms with Gasteiger partial charge in [-0.05, 0) is 24.3 Å². The van der Waals surface area contributed by atoms with Crippen molar-refractivity contribution < 1.29 is 19.1 Å². The normalized spacial score (nSPS) is 14.8. The fourth-order valence-corrected chi connectivity index (χ4v) is 2.48. The van der Waals surface area contributed by atoms with Crippen molar-refractivity contribution in [2.75, 3.05) is 32.8 Å². The number of piperazine rings is 1. The smallest absolute Gasteiger partial charge is 0.276 e. The van der Waals surface area contributed by atoms with E-state index >= 15 is 0 Å². The average molecular weight is 333 g/mol. The van der Waals surface area contributed by atoms with Gasteiger partial charge in [0.1, 0.15) is 12.4 Å². The largest absolute Gasteiger partial charge is 0.387 e. The Bertz CT molecular complexity index is 738. The first-order valence-electron chi connectivity index (χ1n) is 7.44. The second-order valence-corrected chi connectivity index (χ2v) is 5.33. The first-order valence-corrected chi connectivity index (χ1v) is 7.44. The van der Waals surface area contributed by atoms with Crippen LogP contribution in [-0.4, -0.2) is 74.5 Å². The number of carbonyl (C=O) groups is 2. The van der Waals surface area contributed by atoms with E-state index in [2.05, 4.69) is 10.2 Å². The average Bonchev–Trinajstić information content (AvgIpc) is 3.11. The minimum Gasteiger partial charge on any atom is -0.387 e. The third-order valence-corrected chi connectivity index (χ3v) is 3.82. The van der Waals surface area contributed by atoms with E-state index in [1.807, 2.05) is 0 Å². The highest BCUT2D eigenvalue weighted by Gasteiger charge is 2.26. The van der Waals surface area contributed by atoms with E-state index < -0.39 is 6.61 Å². The molecular formula is C15H16FN5O3. The summed E-state index contributed by atoms with van der Waals surface area (Å²) in [4.78, 5) is 28.2. The predicted octanol–water partition coefficient (Wildman–Crippen LogP) is -0.317. The molecule has 2 aromatic rings. The van der Waals surface area contributed by atoms with Crippen LogP contribution in [0, 0.1) is 5.82 Å². The van der Waals surface area contributed by atoms with Gasteiger partial charge in [-0.2, -0.15) is 9.90 Å². The van der Waals surface area contributed by atoms with Crippen molar-refractivity contribution in [3.05, 3.63) is 42.0 Å². The van der Waals surface area contributed by atoms with Gasteiger partial charge in [-0.3, -0.25) is 9.59 Å². The zero-order valence-corrected chi connectivity index (χ0v) is 12.8. The summed E-state index contributed by atoms with van der Waals surface area (Å²) in [5.74, 6) is -0.985. The van der Waals surface area contributed by atoms with Gasteiger partial charge in [-0.15, -0.1) is 5.10 Å². The zero-order valence-electron chi connectivity index (χ0n) is 12.8. The molecular weight excluding hydrogens is 317 g/mol. The summed E-state index contributed by atoms with van der Waals surface area (Å²) in [5, 5.41) is 17.0. The Hall–Kier alpha value is -2.81. The number of aliphatic hydroxyl groups excluding tert-OH is 1. The molecule has 1 aromatic heterocycles. The first-order chi connectivity index (χ1) is 11.6. The lowest BCUT2D eigenvalue weighted by Gasteiger charge is -2.34. The Labute approximate surface area is 137 Å². The second-order valence-electron chi connectivity index (χ2n) is 5.33. The van der Waals surface area contributed by atoms with E-state index in [1.165, 1.54) is 40.2 Å². The molecule has 1 aliphatic rings. The van der Waals surface area contributed by atoms with Crippen LogP contribution in [0.15, 0.2) is 30.5 Å². The standard InChI is InChI=1S/C15H16FN5O3/c16-11-1-3-12(4-2-11)21-17-9-13(18-21)15(24)20-7-5-19(6-8-20)14(23)10-22/h1-4,9,22H,5-8,10H2. The van der Waals surface area contributed by atoms with E-state index in [9.17, 15) is 14.0 Å². The fraction of sp³-hybridized carbons (Fsp3) is 0.333. The fourth-order valence-electron chi connectivity index (χ4n) is 2.48. The van der Waals surface area contributed by atoms with Gasteiger partial charge in [0.2, 0.25) is 5.91 Å². The molecule has 1 fully saturated rings. The first kappa shape index (κ1) is 16.1. The van der Waals surface area contributed by atoms with Crippen LogP contribution in [0.5, 0.6) is 0 Å². The molecule has 2 amide bonds. The molecule has 1 aliphatic heterocycles. The quantitative estimate of drug-likeness (QED) is 0.831. The molecule has 1 N–H and O–H groups in total. The SMILES string of the molecule is O=C(CO)N1CCN(C(=O)c2cnn(-c3ccc(F)cc3)n2)CC1. The van der Waals surface area contributed by atoms with Crippen LogP contribution in [0.1, 0.15) is 10.5 Å². The van der Waals surface area contributed by atoms with Crippen molar-refractivity contribution in [2.45, 2.75) is 0 Å². The third-order valence-electron chi connectivity index (χ3n) is 3.82. The summed E-state index contributed by atoms with van der Waals surface area (Å²) in [7, 11) is 0. The van der Waals surface area contributed by atoms with Crippen molar-refractivity contribution in [1.82, 2.24) is 24.8 Å². The highest BCUT2D eigenvalue weighted by molar-refractivity contribution is 5.92. The van der Waals surface area contributed by atoms with E-state index in [1.54, 1.807) is 4.90 Å². The monoisotopic (exact) mass is 333 g/mol. The van der Waals surface area contributed by atoms with E-state index in [0.29, 0.717) is 31.9 Å². The Balaban J connectivity index is 1.66. The van der Waals surface area contributed by atoms with Crippen molar-refractivity contribution in [3.63, 3.8) is 0 Å². The summed E-state index contributed by atoms with van der Waals surface area (Å²) >= 11 is 0. The molecule has 0 spiro atoms. The number of hydrogen-bond donors (Lipinski definition) is 1. The van der Waals surface area contributed by atoms with Gasteiger partial charge in [0.15, 0.2) is 5.69 Å². The molecule has 1 aromatic carbocycles. The molecule has 126 valence electrons. The molecule has 0 aliphatic carbocycles. The summed E-state index contributed by atoms with van der Waals surface area (Å²) in [6.45, 7) is 0.955. The molecule has 1 saturated heterocycles. The van der Waals surface area contributed by atoms with Crippen LogP contribution in [0.4, 0.5) is 4.39 Å². The molecule has 0 unspecified atom stereocenters. The number of aliphatic hydroxyl groups is 1. The molecule has 0 saturated carbocycles. The molecule has 2 heterocycles. The van der Waals surface area contributed by atoms with E-state index in [4.69, 9.17) is 5.11 Å². The molecule has 0 bridgehead atoms. The topological polar surface area (TPSA) is 91.6 Å². The number of rotatable bonds is 3. The number of aromatic nitrogens is 3. The highest BCUT2D eigenvalue weighted by atomic mass is 19.1. The number of hydrogen-bond acceptors (Lipinski definition) is 5. The van der Waals surface area contributed by atoms with Crippen molar-refractivity contribution in [1.29, 1.82) is 0 Å². The van der Waals surface area contributed by atoms with Crippen molar-refractivity contribution >= 4 is 11.8 Å². The van der Waals surface area contributed by atoms with Crippen molar-refractivity contribution in [2.24, 2.45) is 0 Å². The van der Waals surface area contributed by atoms with Gasteiger partial charge in [-0.25, -0.2) is 4.39 Å². The molecule has 9 heteroatoms. The minimum absolute atomic E-state index is 0.182. The summed E-state index contributed by atoms with van der Waals surface area (Å²) in [5.41, 5.74) is 0.732. The summed E-state index contributed by atoms with van der Waals surface area (Å²) in [6.07, 6.45) is 1.36. The van der Waals surface area contributed by atoms with Crippen LogP contribution in [-0.2, 0) is 4.79 Å². The minimum atomic E-state index is -0.528. The maximum Gasteiger partial charge on any atom is 0.276 e. The number of halogens is 1. The second kappa shape index (κ2) is 6.75. The predicted molar refractivity (Wildman–Crippen MR) is 80.9 cm³/mol. The number of carbonyl (C=O) groups excluding carboxylic acids is 2. The molecule has 24 heavy (non-hydrogen) atoms. The molecule has 8 nitrogen and oxygen atoms in total. The molecule has 3 rings (SSSR count). The van der Waals surface area contributed by atoms with Crippen molar-refractivity contribution in [3.8, 4) is 5.69 Å². The van der Waals surface area contributed by atoms with Crippen LogP contribution < -0.4 is 0 Å². The maximum absolute atomic E-state index is 12.9.